The summed E-state index contributed by atoms with van der Waals surface area (Å²) in [5.74, 6) is -0.412. The number of aromatic nitrogens is 1. The molecule has 29 heavy (non-hydrogen) atoms. The van der Waals surface area contributed by atoms with Crippen molar-refractivity contribution in [2.75, 3.05) is 7.11 Å². The quantitative estimate of drug-likeness (QED) is 0.679. The van der Waals surface area contributed by atoms with E-state index in [-0.39, 0.29) is 23.8 Å². The number of methoxy groups -OCH3 is 1. The van der Waals surface area contributed by atoms with Crippen LogP contribution in [0.3, 0.4) is 0 Å². The summed E-state index contributed by atoms with van der Waals surface area (Å²) in [6.07, 6.45) is 1.34. The number of hydrogen-bond acceptors (Lipinski definition) is 3. The topological polar surface area (TPSA) is 60.3 Å². The summed E-state index contributed by atoms with van der Waals surface area (Å²) in [5.41, 5.74) is 3.64. The van der Waals surface area contributed by atoms with Crippen molar-refractivity contribution < 1.29 is 14.3 Å². The fraction of sp³-hybridized carbons (Fsp3) is 0.333. The maximum atomic E-state index is 13.3. The van der Waals surface area contributed by atoms with Crippen molar-refractivity contribution in [3.8, 4) is 0 Å². The second kappa shape index (κ2) is 6.48. The Bertz CT molecular complexity index is 1120. The van der Waals surface area contributed by atoms with Crippen molar-refractivity contribution in [3.63, 3.8) is 0 Å². The molecule has 0 spiro atoms. The summed E-state index contributed by atoms with van der Waals surface area (Å²) in [6, 6.07) is 18.2. The van der Waals surface area contributed by atoms with Crippen LogP contribution in [-0.2, 0) is 21.4 Å². The van der Waals surface area contributed by atoms with Gasteiger partial charge in [-0.05, 0) is 24.5 Å². The van der Waals surface area contributed by atoms with Gasteiger partial charge in [-0.25, -0.2) is 0 Å². The molecule has 5 nitrogen and oxygen atoms in total. The van der Waals surface area contributed by atoms with Crippen molar-refractivity contribution in [2.45, 2.75) is 31.2 Å². The molecule has 1 aliphatic carbocycles. The standard InChI is InChI=1S/C24H24N2O3/c1-26-18-11-7-6-10-16(18)20-17-14-24(23(28)29-2,13-12-19(27)25-17)21(22(20)26)15-8-4-3-5-9-15/h3-11,17,21H,12-14H2,1-2H3,(H,25,27)/t17-,21+,24+/m1/s1. The summed E-state index contributed by atoms with van der Waals surface area (Å²) in [6.45, 7) is 0. The Labute approximate surface area is 169 Å². The van der Waals surface area contributed by atoms with Gasteiger partial charge in [-0.15, -0.1) is 0 Å². The van der Waals surface area contributed by atoms with Crippen LogP contribution in [0.4, 0.5) is 0 Å². The second-order valence-corrected chi connectivity index (χ2v) is 8.19. The molecular formula is C24H24N2O3. The first-order valence-electron chi connectivity index (χ1n) is 10.1. The minimum Gasteiger partial charge on any atom is -0.469 e. The smallest absolute Gasteiger partial charge is 0.312 e. The molecule has 5 rings (SSSR count). The molecular weight excluding hydrogens is 364 g/mol. The lowest BCUT2D eigenvalue weighted by Gasteiger charge is -2.44. The number of benzene rings is 2. The average molecular weight is 388 g/mol. The van der Waals surface area contributed by atoms with Crippen LogP contribution in [0, 0.1) is 5.41 Å². The van der Waals surface area contributed by atoms with Crippen LogP contribution in [0.2, 0.25) is 0 Å². The molecule has 0 saturated carbocycles. The highest BCUT2D eigenvalue weighted by Gasteiger charge is 2.56. The third-order valence-corrected chi connectivity index (χ3v) is 6.79. The van der Waals surface area contributed by atoms with Crippen molar-refractivity contribution in [2.24, 2.45) is 12.5 Å². The Hall–Kier alpha value is -3.08. The lowest BCUT2D eigenvalue weighted by atomic mass is 9.60. The van der Waals surface area contributed by atoms with E-state index in [2.05, 4.69) is 41.2 Å². The van der Waals surface area contributed by atoms with Gasteiger partial charge in [0.15, 0.2) is 0 Å². The van der Waals surface area contributed by atoms with Crippen LogP contribution in [0.5, 0.6) is 0 Å². The Kier molecular flexibility index (Phi) is 4.02. The molecule has 5 heteroatoms. The van der Waals surface area contributed by atoms with Gasteiger partial charge in [0.05, 0.1) is 18.6 Å². The minimum absolute atomic E-state index is 0.00614. The SMILES string of the molecule is COC(=O)[C@@]12CCC(=O)N[C@H](C1)c1c(n(C)c3ccccc13)[C@@H]2c1ccccc1. The van der Waals surface area contributed by atoms with Crippen molar-refractivity contribution in [1.29, 1.82) is 0 Å². The molecule has 0 unspecified atom stereocenters. The summed E-state index contributed by atoms with van der Waals surface area (Å²) < 4.78 is 7.55. The number of amides is 1. The monoisotopic (exact) mass is 388 g/mol. The highest BCUT2D eigenvalue weighted by Crippen LogP contribution is 2.58. The predicted molar refractivity (Wildman–Crippen MR) is 110 cm³/mol. The van der Waals surface area contributed by atoms with Crippen molar-refractivity contribution in [3.05, 3.63) is 71.4 Å². The van der Waals surface area contributed by atoms with Gasteiger partial charge in [-0.2, -0.15) is 0 Å². The van der Waals surface area contributed by atoms with E-state index in [9.17, 15) is 9.59 Å². The average Bonchev–Trinajstić information content (AvgIpc) is 2.96. The molecule has 1 saturated heterocycles. The normalized spacial score (nSPS) is 25.8. The second-order valence-electron chi connectivity index (χ2n) is 8.19. The summed E-state index contributed by atoms with van der Waals surface area (Å²) >= 11 is 0. The number of carbonyl (C=O) groups excluding carboxylic acids is 2. The minimum atomic E-state index is -0.783. The van der Waals surface area contributed by atoms with E-state index in [0.29, 0.717) is 19.3 Å². The number of aryl methyl sites for hydroxylation is 1. The van der Waals surface area contributed by atoms with Crippen LogP contribution in [0.15, 0.2) is 54.6 Å². The van der Waals surface area contributed by atoms with Crippen molar-refractivity contribution in [1.82, 2.24) is 9.88 Å². The van der Waals surface area contributed by atoms with Crippen LogP contribution in [-0.4, -0.2) is 23.6 Å². The van der Waals surface area contributed by atoms with E-state index in [0.717, 1.165) is 27.7 Å². The molecule has 1 N–H and O–H groups in total. The lowest BCUT2D eigenvalue weighted by molar-refractivity contribution is -0.155. The van der Waals surface area contributed by atoms with E-state index >= 15 is 0 Å². The van der Waals surface area contributed by atoms with Gasteiger partial charge in [-0.1, -0.05) is 48.5 Å². The molecule has 148 valence electrons. The zero-order valence-corrected chi connectivity index (χ0v) is 16.6. The highest BCUT2D eigenvalue weighted by atomic mass is 16.5. The molecule has 1 aliphatic heterocycles. The maximum Gasteiger partial charge on any atom is 0.312 e. The fourth-order valence-electron chi connectivity index (χ4n) is 5.61. The van der Waals surface area contributed by atoms with E-state index < -0.39 is 5.41 Å². The first-order valence-corrected chi connectivity index (χ1v) is 10.1. The highest BCUT2D eigenvalue weighted by molar-refractivity contribution is 5.91. The number of hydrogen-bond donors (Lipinski definition) is 1. The van der Waals surface area contributed by atoms with Crippen LogP contribution >= 0.6 is 0 Å². The van der Waals surface area contributed by atoms with Gasteiger partial charge >= 0.3 is 5.97 Å². The number of ether oxygens (including phenoxy) is 1. The van der Waals surface area contributed by atoms with E-state index in [1.807, 2.05) is 30.3 Å². The van der Waals surface area contributed by atoms with E-state index in [1.165, 1.54) is 7.11 Å². The molecule has 2 aliphatic rings. The predicted octanol–water partition coefficient (Wildman–Crippen LogP) is 3.82. The Morgan fingerprint density at radius 2 is 1.86 bits per heavy atom. The zero-order chi connectivity index (χ0) is 20.2. The Balaban J connectivity index is 1.89. The van der Waals surface area contributed by atoms with E-state index in [1.54, 1.807) is 0 Å². The molecule has 2 bridgehead atoms. The molecule has 1 fully saturated rings. The molecule has 1 aromatic heterocycles. The van der Waals surface area contributed by atoms with Gasteiger partial charge in [0, 0.05) is 41.5 Å². The first kappa shape index (κ1) is 18.0. The molecule has 3 aromatic rings. The number of fused-ring (bicyclic) bond motifs is 6. The fourth-order valence-corrected chi connectivity index (χ4v) is 5.61. The number of rotatable bonds is 2. The molecule has 1 amide bonds. The zero-order valence-electron chi connectivity index (χ0n) is 16.6. The van der Waals surface area contributed by atoms with Gasteiger partial charge in [-0.3, -0.25) is 9.59 Å². The Morgan fingerprint density at radius 3 is 2.62 bits per heavy atom. The maximum absolute atomic E-state index is 13.3. The van der Waals surface area contributed by atoms with E-state index in [4.69, 9.17) is 4.74 Å². The molecule has 0 radical (unpaired) electrons. The van der Waals surface area contributed by atoms with Gasteiger partial charge < -0.3 is 14.6 Å². The summed E-state index contributed by atoms with van der Waals surface area (Å²) in [5, 5.41) is 4.32. The summed E-state index contributed by atoms with van der Waals surface area (Å²) in [7, 11) is 3.51. The molecule has 2 aromatic carbocycles. The van der Waals surface area contributed by atoms with Crippen LogP contribution in [0.1, 0.15) is 48.0 Å². The van der Waals surface area contributed by atoms with Crippen LogP contribution < -0.4 is 5.32 Å². The third kappa shape index (κ3) is 2.46. The van der Waals surface area contributed by atoms with Crippen LogP contribution in [0.25, 0.3) is 10.9 Å². The van der Waals surface area contributed by atoms with Gasteiger partial charge in [0.2, 0.25) is 5.91 Å². The lowest BCUT2D eigenvalue weighted by Crippen LogP contribution is -2.44. The molecule has 3 atom stereocenters. The largest absolute Gasteiger partial charge is 0.469 e. The van der Waals surface area contributed by atoms with Crippen molar-refractivity contribution >= 4 is 22.8 Å². The van der Waals surface area contributed by atoms with Gasteiger partial charge in [0.1, 0.15) is 0 Å². The first-order chi connectivity index (χ1) is 14.1. The Morgan fingerprint density at radius 1 is 1.14 bits per heavy atom. The third-order valence-electron chi connectivity index (χ3n) is 6.79. The number of carbonyl (C=O) groups is 2. The number of para-hydroxylation sites is 1. The number of nitrogens with one attached hydrogen (secondary N) is 1. The van der Waals surface area contributed by atoms with Gasteiger partial charge in [0.25, 0.3) is 0 Å². The number of nitrogens with zero attached hydrogens (tertiary/aromatic N) is 1. The molecule has 2 heterocycles. The number of esters is 1. The summed E-state index contributed by atoms with van der Waals surface area (Å²) in [4.78, 5) is 25.9.